The number of nitrogens with zero attached hydrogens (tertiary/aromatic N) is 1. The molecule has 8 atom stereocenters. The van der Waals surface area contributed by atoms with Crippen molar-refractivity contribution in [3.05, 3.63) is 23.3 Å². The summed E-state index contributed by atoms with van der Waals surface area (Å²) in [6, 6.07) is -1.81. The highest BCUT2D eigenvalue weighted by atomic mass is 19.4. The van der Waals surface area contributed by atoms with Gasteiger partial charge in [0.25, 0.3) is 0 Å². The normalized spacial score (nSPS) is 41.6. The van der Waals surface area contributed by atoms with Crippen molar-refractivity contribution in [2.24, 2.45) is 40.9 Å². The molecular formula is C27H38F3NO4. The molecular weight excluding hydrogens is 459 g/mol. The van der Waals surface area contributed by atoms with Gasteiger partial charge in [0.1, 0.15) is 6.04 Å². The molecule has 0 aromatic carbocycles. The molecule has 4 rings (SSSR count). The Morgan fingerprint density at radius 2 is 1.91 bits per heavy atom. The van der Waals surface area contributed by atoms with Gasteiger partial charge in [0, 0.05) is 30.7 Å². The number of Topliss-reactive ketones (excluding diaryl/α,β-unsaturated/α-hetero) is 1. The second-order valence-corrected chi connectivity index (χ2v) is 11.7. The molecule has 8 heteroatoms. The number of aliphatic hydroxyl groups excluding tert-OH is 1. The highest BCUT2D eigenvalue weighted by Crippen LogP contribution is 2.63. The number of likely N-dealkylation sites (tertiary alicyclic amines) is 1. The minimum absolute atomic E-state index is 0.0319. The zero-order valence-corrected chi connectivity index (χ0v) is 21.2. The van der Waals surface area contributed by atoms with E-state index in [0.29, 0.717) is 17.1 Å². The van der Waals surface area contributed by atoms with E-state index in [2.05, 4.69) is 6.92 Å². The molecule has 1 saturated carbocycles. The molecule has 4 aliphatic rings. The lowest BCUT2D eigenvalue weighted by Gasteiger charge is -2.50. The van der Waals surface area contributed by atoms with E-state index in [4.69, 9.17) is 0 Å². The molecule has 1 heterocycles. The summed E-state index contributed by atoms with van der Waals surface area (Å²) in [6.45, 7) is 9.06. The first-order chi connectivity index (χ1) is 16.2. The average Bonchev–Trinajstić information content (AvgIpc) is 3.21. The van der Waals surface area contributed by atoms with Gasteiger partial charge < -0.3 is 15.1 Å². The minimum atomic E-state index is -4.50. The molecule has 2 N–H and O–H groups in total. The summed E-state index contributed by atoms with van der Waals surface area (Å²) in [4.78, 5) is 28.5. The van der Waals surface area contributed by atoms with E-state index in [-0.39, 0.29) is 50.0 Å². The van der Waals surface area contributed by atoms with E-state index in [1.54, 1.807) is 19.9 Å². The maximum absolute atomic E-state index is 14.3. The summed E-state index contributed by atoms with van der Waals surface area (Å²) >= 11 is 0. The molecule has 2 fully saturated rings. The fourth-order valence-electron chi connectivity index (χ4n) is 7.43. The Morgan fingerprint density at radius 1 is 1.29 bits per heavy atom. The lowest BCUT2D eigenvalue weighted by Crippen LogP contribution is -2.61. The van der Waals surface area contributed by atoms with Crippen molar-refractivity contribution in [3.8, 4) is 0 Å². The van der Waals surface area contributed by atoms with Crippen LogP contribution in [0.4, 0.5) is 13.2 Å². The van der Waals surface area contributed by atoms with Gasteiger partial charge >= 0.3 is 6.18 Å². The molecule has 35 heavy (non-hydrogen) atoms. The first-order valence-electron chi connectivity index (χ1n) is 12.8. The lowest BCUT2D eigenvalue weighted by molar-refractivity contribution is -0.185. The smallest absolute Gasteiger partial charge is 0.392 e. The Morgan fingerprint density at radius 3 is 2.43 bits per heavy atom. The number of amides is 1. The summed E-state index contributed by atoms with van der Waals surface area (Å²) in [5, 5.41) is 22.8. The number of alkyl halides is 3. The van der Waals surface area contributed by atoms with Crippen LogP contribution in [-0.4, -0.2) is 57.8 Å². The Bertz CT molecular complexity index is 957. The summed E-state index contributed by atoms with van der Waals surface area (Å²) in [7, 11) is 0. The fraction of sp³-hybridized carbons (Fsp3) is 0.778. The van der Waals surface area contributed by atoms with Gasteiger partial charge in [-0.1, -0.05) is 45.4 Å². The molecule has 0 radical (unpaired) electrons. The Labute approximate surface area is 205 Å². The van der Waals surface area contributed by atoms with Crippen molar-refractivity contribution in [1.29, 1.82) is 0 Å². The third-order valence-electron chi connectivity index (χ3n) is 9.58. The van der Waals surface area contributed by atoms with Crippen LogP contribution in [-0.2, 0) is 9.59 Å². The van der Waals surface area contributed by atoms with E-state index in [0.717, 1.165) is 11.3 Å². The highest BCUT2D eigenvalue weighted by Gasteiger charge is 2.69. The van der Waals surface area contributed by atoms with Crippen molar-refractivity contribution in [2.45, 2.75) is 78.1 Å². The van der Waals surface area contributed by atoms with Crippen molar-refractivity contribution in [2.75, 3.05) is 13.2 Å². The number of hydrogen-bond acceptors (Lipinski definition) is 4. The van der Waals surface area contributed by atoms with Gasteiger partial charge in [-0.25, -0.2) is 0 Å². The number of aliphatic hydroxyl groups is 2. The van der Waals surface area contributed by atoms with Crippen LogP contribution in [0, 0.1) is 40.9 Å². The number of hydrogen-bond donors (Lipinski definition) is 2. The van der Waals surface area contributed by atoms with E-state index in [1.807, 2.05) is 19.9 Å². The number of carbonyl (C=O) groups is 2. The second kappa shape index (κ2) is 8.72. The van der Waals surface area contributed by atoms with Crippen molar-refractivity contribution in [1.82, 2.24) is 4.90 Å². The summed E-state index contributed by atoms with van der Waals surface area (Å²) < 4.78 is 40.7. The van der Waals surface area contributed by atoms with E-state index in [9.17, 15) is 33.0 Å². The van der Waals surface area contributed by atoms with Crippen molar-refractivity contribution in [3.63, 3.8) is 0 Å². The predicted molar refractivity (Wildman–Crippen MR) is 125 cm³/mol. The fourth-order valence-corrected chi connectivity index (χ4v) is 7.43. The van der Waals surface area contributed by atoms with Gasteiger partial charge in [-0.15, -0.1) is 0 Å². The Balaban J connectivity index is 1.77. The zero-order chi connectivity index (χ0) is 26.1. The first-order valence-corrected chi connectivity index (χ1v) is 12.8. The van der Waals surface area contributed by atoms with Crippen molar-refractivity contribution < 1.29 is 33.0 Å². The summed E-state index contributed by atoms with van der Waals surface area (Å²) in [5.74, 6) is -2.49. The van der Waals surface area contributed by atoms with Crippen LogP contribution in [0.5, 0.6) is 0 Å². The van der Waals surface area contributed by atoms with Gasteiger partial charge in [-0.05, 0) is 49.5 Å². The number of fused-ring (bicyclic) bond motifs is 1. The molecule has 1 saturated heterocycles. The molecule has 3 aliphatic carbocycles. The second-order valence-electron chi connectivity index (χ2n) is 11.7. The monoisotopic (exact) mass is 497 g/mol. The number of carbonyl (C=O) groups excluding carboxylic acids is 2. The van der Waals surface area contributed by atoms with Gasteiger partial charge in [-0.2, -0.15) is 13.2 Å². The van der Waals surface area contributed by atoms with Crippen molar-refractivity contribution >= 4 is 11.7 Å². The first kappa shape index (κ1) is 26.4. The van der Waals surface area contributed by atoms with Gasteiger partial charge in [0.15, 0.2) is 5.78 Å². The Kier molecular flexibility index (Phi) is 6.58. The van der Waals surface area contributed by atoms with E-state index < -0.39 is 46.9 Å². The van der Waals surface area contributed by atoms with Crippen LogP contribution >= 0.6 is 0 Å². The van der Waals surface area contributed by atoms with E-state index >= 15 is 0 Å². The number of halogens is 3. The zero-order valence-electron chi connectivity index (χ0n) is 21.2. The van der Waals surface area contributed by atoms with Crippen LogP contribution in [0.3, 0.4) is 0 Å². The SMILES string of the molecule is CC1=C[C@]2(C(C)C)C(=O)[C@H]([C@H]3CC3C)C=C(CO)C(C)[C@]2(O)[C@H]1CC(=O)N1CCCC1C(F)(F)F. The minimum Gasteiger partial charge on any atom is -0.392 e. The van der Waals surface area contributed by atoms with Crippen LogP contribution in [0.1, 0.15) is 60.3 Å². The number of rotatable bonds is 5. The molecule has 0 aromatic heterocycles. The molecule has 5 nitrogen and oxygen atoms in total. The maximum atomic E-state index is 14.3. The standard InChI is InChI=1S/C27H38F3NO4/c1-14(2)25-12-16(4)21(11-23(33)31-8-6-7-22(31)27(28,29)30)26(25,35)17(5)18(13-32)10-20(24(25)34)19-9-15(19)3/h10,12,14-15,17,19-22,32,35H,6-9,11,13H2,1-5H3/t15?,17?,19-,20-,21-,22?,25-,26-/m0/s1. The highest BCUT2D eigenvalue weighted by molar-refractivity contribution is 5.94. The molecule has 0 spiro atoms. The summed E-state index contributed by atoms with van der Waals surface area (Å²) in [6.07, 6.45) is -0.132. The van der Waals surface area contributed by atoms with Gasteiger partial charge in [0.2, 0.25) is 5.91 Å². The lowest BCUT2D eigenvalue weighted by atomic mass is 9.56. The molecule has 196 valence electrons. The third-order valence-corrected chi connectivity index (χ3v) is 9.58. The average molecular weight is 498 g/mol. The van der Waals surface area contributed by atoms with Crippen LogP contribution in [0.25, 0.3) is 0 Å². The molecule has 1 amide bonds. The number of allylic oxidation sites excluding steroid dienone is 1. The van der Waals surface area contributed by atoms with Gasteiger partial charge in [0.05, 0.1) is 17.6 Å². The topological polar surface area (TPSA) is 77.8 Å². The predicted octanol–water partition coefficient (Wildman–Crippen LogP) is 4.29. The molecule has 3 unspecified atom stereocenters. The number of ketones is 1. The summed E-state index contributed by atoms with van der Waals surface area (Å²) in [5.41, 5.74) is -1.81. The Hall–Kier alpha value is -1.67. The maximum Gasteiger partial charge on any atom is 0.408 e. The van der Waals surface area contributed by atoms with Crippen LogP contribution < -0.4 is 0 Å². The molecule has 1 aliphatic heterocycles. The largest absolute Gasteiger partial charge is 0.408 e. The molecule has 0 aromatic rings. The van der Waals surface area contributed by atoms with Gasteiger partial charge in [-0.3, -0.25) is 9.59 Å². The van der Waals surface area contributed by atoms with Crippen LogP contribution in [0.2, 0.25) is 0 Å². The quantitative estimate of drug-likeness (QED) is 0.556. The molecule has 0 bridgehead atoms. The third kappa shape index (κ3) is 3.81. The van der Waals surface area contributed by atoms with Crippen LogP contribution in [0.15, 0.2) is 23.3 Å². The van der Waals surface area contributed by atoms with E-state index in [1.165, 1.54) is 0 Å².